The zero-order valence-corrected chi connectivity index (χ0v) is 9.92. The molecule has 0 fully saturated rings. The molecule has 0 saturated carbocycles. The molecule has 0 aliphatic rings. The molecule has 3 N–H and O–H groups in total. The quantitative estimate of drug-likeness (QED) is 0.850. The van der Waals surface area contributed by atoms with Crippen LogP contribution in [0.1, 0.15) is 10.7 Å². The van der Waals surface area contributed by atoms with Gasteiger partial charge >= 0.3 is 0 Å². The van der Waals surface area contributed by atoms with Crippen LogP contribution < -0.4 is 11.1 Å². The van der Waals surface area contributed by atoms with Crippen LogP contribution in [0.5, 0.6) is 0 Å². The minimum absolute atomic E-state index is 0.676. The van der Waals surface area contributed by atoms with Gasteiger partial charge in [0.05, 0.1) is 22.6 Å². The minimum atomic E-state index is 0.676. The van der Waals surface area contributed by atoms with Gasteiger partial charge in [-0.3, -0.25) is 4.98 Å². The summed E-state index contributed by atoms with van der Waals surface area (Å²) in [4.78, 5) is 8.41. The summed E-state index contributed by atoms with van der Waals surface area (Å²) in [5, 5.41) is 6.49. The van der Waals surface area contributed by atoms with Crippen LogP contribution in [0.4, 0.5) is 11.4 Å². The van der Waals surface area contributed by atoms with Crippen LogP contribution in [-0.2, 0) is 6.42 Å². The molecule has 2 aromatic rings. The Bertz CT molecular complexity index is 467. The van der Waals surface area contributed by atoms with Gasteiger partial charge in [-0.05, 0) is 13.0 Å². The van der Waals surface area contributed by atoms with Crippen molar-refractivity contribution >= 4 is 22.7 Å². The molecule has 0 aliphatic heterocycles. The second kappa shape index (κ2) is 4.94. The van der Waals surface area contributed by atoms with Crippen molar-refractivity contribution in [1.29, 1.82) is 0 Å². The van der Waals surface area contributed by atoms with E-state index in [0.29, 0.717) is 5.69 Å². The van der Waals surface area contributed by atoms with E-state index in [1.807, 2.05) is 13.0 Å². The molecule has 0 bridgehead atoms. The molecule has 0 unspecified atom stereocenters. The molecule has 0 atom stereocenters. The molecule has 2 heterocycles. The number of hydrogen-bond acceptors (Lipinski definition) is 5. The van der Waals surface area contributed by atoms with Gasteiger partial charge in [0, 0.05) is 30.2 Å². The van der Waals surface area contributed by atoms with Gasteiger partial charge in [0.1, 0.15) is 0 Å². The summed E-state index contributed by atoms with van der Waals surface area (Å²) in [6.07, 6.45) is 4.33. The second-order valence-electron chi connectivity index (χ2n) is 3.57. The first-order valence-corrected chi connectivity index (χ1v) is 5.97. The molecule has 4 nitrogen and oxygen atoms in total. The van der Waals surface area contributed by atoms with Gasteiger partial charge in [-0.25, -0.2) is 4.98 Å². The van der Waals surface area contributed by atoms with E-state index in [0.717, 1.165) is 29.4 Å². The van der Waals surface area contributed by atoms with Gasteiger partial charge in [-0.2, -0.15) is 0 Å². The molecule has 2 aromatic heterocycles. The molecule has 2 rings (SSSR count). The van der Waals surface area contributed by atoms with Crippen LogP contribution in [0.25, 0.3) is 0 Å². The Kier molecular flexibility index (Phi) is 3.36. The van der Waals surface area contributed by atoms with E-state index in [9.17, 15) is 0 Å². The molecule has 0 aliphatic carbocycles. The van der Waals surface area contributed by atoms with E-state index in [1.165, 1.54) is 0 Å². The number of nitrogens with one attached hydrogen (secondary N) is 1. The molecule has 0 radical (unpaired) electrons. The van der Waals surface area contributed by atoms with E-state index in [4.69, 9.17) is 5.73 Å². The Labute approximate surface area is 98.6 Å². The number of aryl methyl sites for hydroxylation is 1. The van der Waals surface area contributed by atoms with Crippen LogP contribution >= 0.6 is 11.3 Å². The smallest absolute Gasteiger partial charge is 0.0945 e. The van der Waals surface area contributed by atoms with Crippen molar-refractivity contribution in [3.8, 4) is 0 Å². The maximum atomic E-state index is 5.63. The highest BCUT2D eigenvalue weighted by Crippen LogP contribution is 2.11. The maximum absolute atomic E-state index is 5.63. The van der Waals surface area contributed by atoms with Crippen molar-refractivity contribution in [3.63, 3.8) is 0 Å². The molecule has 5 heteroatoms. The molecule has 84 valence electrons. The normalized spacial score (nSPS) is 10.3. The topological polar surface area (TPSA) is 63.8 Å². The van der Waals surface area contributed by atoms with Crippen molar-refractivity contribution in [2.24, 2.45) is 0 Å². The van der Waals surface area contributed by atoms with Gasteiger partial charge in [-0.1, -0.05) is 0 Å². The number of nitrogens with zero attached hydrogens (tertiary/aromatic N) is 2. The summed E-state index contributed by atoms with van der Waals surface area (Å²) in [6.45, 7) is 2.85. The number of rotatable bonds is 4. The van der Waals surface area contributed by atoms with Crippen LogP contribution in [0.3, 0.4) is 0 Å². The van der Waals surface area contributed by atoms with Gasteiger partial charge in [0.15, 0.2) is 0 Å². The van der Waals surface area contributed by atoms with Crippen molar-refractivity contribution in [1.82, 2.24) is 9.97 Å². The van der Waals surface area contributed by atoms with Crippen molar-refractivity contribution in [3.05, 3.63) is 34.5 Å². The Morgan fingerprint density at radius 1 is 1.44 bits per heavy atom. The summed E-state index contributed by atoms with van der Waals surface area (Å²) < 4.78 is 0. The predicted molar refractivity (Wildman–Crippen MR) is 67.7 cm³/mol. The third-order valence-electron chi connectivity index (χ3n) is 2.09. The van der Waals surface area contributed by atoms with Crippen molar-refractivity contribution < 1.29 is 0 Å². The first-order valence-electron chi connectivity index (χ1n) is 5.09. The highest BCUT2D eigenvalue weighted by Gasteiger charge is 1.98. The fourth-order valence-electron chi connectivity index (χ4n) is 1.39. The highest BCUT2D eigenvalue weighted by molar-refractivity contribution is 7.09. The van der Waals surface area contributed by atoms with E-state index < -0.39 is 0 Å². The summed E-state index contributed by atoms with van der Waals surface area (Å²) in [7, 11) is 0. The van der Waals surface area contributed by atoms with Crippen LogP contribution in [0, 0.1) is 6.92 Å². The third kappa shape index (κ3) is 2.93. The minimum Gasteiger partial charge on any atom is -0.397 e. The molecule has 0 spiro atoms. The largest absolute Gasteiger partial charge is 0.397 e. The fraction of sp³-hybridized carbons (Fsp3) is 0.273. The summed E-state index contributed by atoms with van der Waals surface area (Å²) in [6, 6.07) is 1.88. The lowest BCUT2D eigenvalue weighted by molar-refractivity contribution is 0.985. The lowest BCUT2D eigenvalue weighted by Gasteiger charge is -2.04. The van der Waals surface area contributed by atoms with Gasteiger partial charge in [0.2, 0.25) is 0 Å². The average Bonchev–Trinajstić information content (AvgIpc) is 2.64. The number of thiazole rings is 1. The lowest BCUT2D eigenvalue weighted by Crippen LogP contribution is -2.05. The Hall–Kier alpha value is -1.62. The molecule has 16 heavy (non-hydrogen) atoms. The van der Waals surface area contributed by atoms with Gasteiger partial charge in [0.25, 0.3) is 0 Å². The van der Waals surface area contributed by atoms with Crippen molar-refractivity contribution in [2.45, 2.75) is 13.3 Å². The van der Waals surface area contributed by atoms with Crippen LogP contribution in [0.15, 0.2) is 23.8 Å². The zero-order chi connectivity index (χ0) is 11.4. The number of aromatic nitrogens is 2. The van der Waals surface area contributed by atoms with E-state index in [2.05, 4.69) is 20.7 Å². The van der Waals surface area contributed by atoms with E-state index in [1.54, 1.807) is 23.7 Å². The first-order chi connectivity index (χ1) is 7.74. The Morgan fingerprint density at radius 3 is 3.00 bits per heavy atom. The number of anilines is 2. The molecule has 0 saturated heterocycles. The van der Waals surface area contributed by atoms with Gasteiger partial charge < -0.3 is 11.1 Å². The maximum Gasteiger partial charge on any atom is 0.0945 e. The number of hydrogen-bond donors (Lipinski definition) is 2. The molecular weight excluding hydrogens is 220 g/mol. The summed E-state index contributed by atoms with van der Waals surface area (Å²) in [5.74, 6) is 0. The first kappa shape index (κ1) is 10.9. The average molecular weight is 234 g/mol. The van der Waals surface area contributed by atoms with E-state index >= 15 is 0 Å². The van der Waals surface area contributed by atoms with Crippen LogP contribution in [0.2, 0.25) is 0 Å². The van der Waals surface area contributed by atoms with E-state index in [-0.39, 0.29) is 0 Å². The Morgan fingerprint density at radius 2 is 2.31 bits per heavy atom. The number of nitrogen functional groups attached to an aromatic ring is 1. The monoisotopic (exact) mass is 234 g/mol. The van der Waals surface area contributed by atoms with Crippen LogP contribution in [-0.4, -0.2) is 16.5 Å². The SMILES string of the molecule is Cc1csc(CCNc2cncc(N)c2)n1. The summed E-state index contributed by atoms with van der Waals surface area (Å²) >= 11 is 1.70. The fourth-order valence-corrected chi connectivity index (χ4v) is 2.16. The molecule has 0 aromatic carbocycles. The second-order valence-corrected chi connectivity index (χ2v) is 4.51. The number of pyridine rings is 1. The lowest BCUT2D eigenvalue weighted by atomic mass is 10.3. The number of nitrogens with two attached hydrogens (primary N) is 1. The van der Waals surface area contributed by atoms with Gasteiger partial charge in [-0.15, -0.1) is 11.3 Å². The molecule has 0 amide bonds. The Balaban J connectivity index is 1.84. The zero-order valence-electron chi connectivity index (χ0n) is 9.10. The molecular formula is C11H14N4S. The standard InChI is InChI=1S/C11H14N4S/c1-8-7-16-11(15-8)2-3-14-10-4-9(12)5-13-6-10/h4-7,14H,2-3,12H2,1H3. The summed E-state index contributed by atoms with van der Waals surface area (Å²) in [5.41, 5.74) is 8.35. The third-order valence-corrected chi connectivity index (χ3v) is 3.12. The highest BCUT2D eigenvalue weighted by atomic mass is 32.1. The van der Waals surface area contributed by atoms with Crippen molar-refractivity contribution in [2.75, 3.05) is 17.6 Å². The predicted octanol–water partition coefficient (Wildman–Crippen LogP) is 2.08.